The summed E-state index contributed by atoms with van der Waals surface area (Å²) >= 11 is 6.13. The molecule has 2 aromatic rings. The predicted molar refractivity (Wildman–Crippen MR) is 119 cm³/mol. The highest BCUT2D eigenvalue weighted by atomic mass is 35.5. The number of esters is 1. The molecule has 1 N–H and O–H groups in total. The van der Waals surface area contributed by atoms with Crippen molar-refractivity contribution < 1.29 is 14.3 Å². The first kappa shape index (κ1) is 22.1. The highest BCUT2D eigenvalue weighted by molar-refractivity contribution is 6.31. The number of rotatable bonds is 7. The van der Waals surface area contributed by atoms with Gasteiger partial charge in [-0.3, -0.25) is 9.69 Å². The Morgan fingerprint density at radius 2 is 1.87 bits per heavy atom. The maximum atomic E-state index is 12.2. The van der Waals surface area contributed by atoms with Crippen molar-refractivity contribution in [3.63, 3.8) is 0 Å². The maximum Gasteiger partial charge on any atom is 0.337 e. The average molecular weight is 430 g/mol. The zero-order valence-corrected chi connectivity index (χ0v) is 18.2. The first-order valence-corrected chi connectivity index (χ1v) is 10.5. The first-order valence-electron chi connectivity index (χ1n) is 10.2. The molecule has 0 spiro atoms. The van der Waals surface area contributed by atoms with Gasteiger partial charge < -0.3 is 15.0 Å². The van der Waals surface area contributed by atoms with Gasteiger partial charge >= 0.3 is 5.97 Å². The number of nitrogens with zero attached hydrogens (tertiary/aromatic N) is 2. The standard InChI is InChI=1S/C23H28ClN3O3/c1-17-16-27(20-9-7-18(8-10-20)23(29)30-2)14-13-26(17)12-11-22(28)25-15-19-5-3-4-6-21(19)24/h3-10,17H,11-16H2,1-2H3,(H,25,28). The molecule has 0 radical (unpaired) electrons. The fourth-order valence-corrected chi connectivity index (χ4v) is 3.86. The third kappa shape index (κ3) is 5.74. The third-order valence-electron chi connectivity index (χ3n) is 5.48. The van der Waals surface area contributed by atoms with Gasteiger partial charge in [-0.1, -0.05) is 29.8 Å². The van der Waals surface area contributed by atoms with E-state index in [1.807, 2.05) is 36.4 Å². The molecule has 30 heavy (non-hydrogen) atoms. The summed E-state index contributed by atoms with van der Waals surface area (Å²) < 4.78 is 4.75. The van der Waals surface area contributed by atoms with Crippen LogP contribution in [0.2, 0.25) is 5.02 Å². The van der Waals surface area contributed by atoms with E-state index in [9.17, 15) is 9.59 Å². The number of carbonyl (C=O) groups is 2. The number of benzene rings is 2. The van der Waals surface area contributed by atoms with Crippen LogP contribution in [0.5, 0.6) is 0 Å². The van der Waals surface area contributed by atoms with Crippen LogP contribution in [-0.2, 0) is 16.1 Å². The van der Waals surface area contributed by atoms with Crippen LogP contribution >= 0.6 is 11.6 Å². The van der Waals surface area contributed by atoms with Gasteiger partial charge in [0.1, 0.15) is 0 Å². The Morgan fingerprint density at radius 1 is 1.13 bits per heavy atom. The van der Waals surface area contributed by atoms with E-state index in [0.717, 1.165) is 37.4 Å². The quantitative estimate of drug-likeness (QED) is 0.684. The predicted octanol–water partition coefficient (Wildman–Crippen LogP) is 3.34. The molecule has 3 rings (SSSR count). The molecule has 1 aliphatic rings. The van der Waals surface area contributed by atoms with Crippen molar-refractivity contribution in [1.29, 1.82) is 0 Å². The molecular formula is C23H28ClN3O3. The van der Waals surface area contributed by atoms with Gasteiger partial charge in [0.25, 0.3) is 0 Å². The molecule has 0 aromatic heterocycles. The van der Waals surface area contributed by atoms with Crippen molar-refractivity contribution >= 4 is 29.2 Å². The molecule has 1 fully saturated rings. The molecule has 1 aliphatic heterocycles. The maximum absolute atomic E-state index is 12.2. The Morgan fingerprint density at radius 3 is 2.53 bits per heavy atom. The second kappa shape index (κ2) is 10.5. The lowest BCUT2D eigenvalue weighted by Gasteiger charge is -2.41. The Kier molecular flexibility index (Phi) is 7.71. The van der Waals surface area contributed by atoms with E-state index < -0.39 is 0 Å². The normalized spacial score (nSPS) is 16.9. The summed E-state index contributed by atoms with van der Waals surface area (Å²) in [7, 11) is 1.38. The molecule has 2 aromatic carbocycles. The van der Waals surface area contributed by atoms with Crippen LogP contribution in [0, 0.1) is 0 Å². The summed E-state index contributed by atoms with van der Waals surface area (Å²) in [5.41, 5.74) is 2.56. The van der Waals surface area contributed by atoms with E-state index in [0.29, 0.717) is 29.6 Å². The summed E-state index contributed by atoms with van der Waals surface area (Å²) in [5.74, 6) is -0.296. The Bertz CT molecular complexity index is 872. The summed E-state index contributed by atoms with van der Waals surface area (Å²) in [6.07, 6.45) is 0.461. The number of halogens is 1. The van der Waals surface area contributed by atoms with Gasteiger partial charge in [-0.2, -0.15) is 0 Å². The van der Waals surface area contributed by atoms with Crippen molar-refractivity contribution in [2.75, 3.05) is 38.2 Å². The summed E-state index contributed by atoms with van der Waals surface area (Å²) in [5, 5.41) is 3.62. The fourth-order valence-electron chi connectivity index (χ4n) is 3.66. The number of nitrogens with one attached hydrogen (secondary N) is 1. The highest BCUT2D eigenvalue weighted by Crippen LogP contribution is 2.20. The van der Waals surface area contributed by atoms with Gasteiger partial charge in [0.05, 0.1) is 12.7 Å². The molecule has 0 aliphatic carbocycles. The minimum atomic E-state index is -0.326. The summed E-state index contributed by atoms with van der Waals surface area (Å²) in [4.78, 5) is 28.5. The second-order valence-corrected chi connectivity index (χ2v) is 7.89. The lowest BCUT2D eigenvalue weighted by Crippen LogP contribution is -2.52. The number of carbonyl (C=O) groups excluding carboxylic acids is 2. The smallest absolute Gasteiger partial charge is 0.337 e. The van der Waals surface area contributed by atoms with Crippen molar-refractivity contribution in [2.45, 2.75) is 25.9 Å². The molecule has 1 heterocycles. The van der Waals surface area contributed by atoms with E-state index in [1.165, 1.54) is 7.11 Å². The second-order valence-electron chi connectivity index (χ2n) is 7.49. The number of amides is 1. The third-order valence-corrected chi connectivity index (χ3v) is 5.85. The number of hydrogen-bond donors (Lipinski definition) is 1. The first-order chi connectivity index (χ1) is 14.5. The van der Waals surface area contributed by atoms with Gasteiger partial charge in [-0.05, 0) is 42.8 Å². The van der Waals surface area contributed by atoms with E-state index in [-0.39, 0.29) is 11.9 Å². The van der Waals surface area contributed by atoms with Crippen LogP contribution in [0.1, 0.15) is 29.3 Å². The van der Waals surface area contributed by atoms with Gasteiger partial charge in [-0.15, -0.1) is 0 Å². The Hall–Kier alpha value is -2.57. The lowest BCUT2D eigenvalue weighted by atomic mass is 10.1. The molecular weight excluding hydrogens is 402 g/mol. The van der Waals surface area contributed by atoms with Crippen LogP contribution in [0.3, 0.4) is 0 Å². The van der Waals surface area contributed by atoms with Crippen LogP contribution in [0.25, 0.3) is 0 Å². The molecule has 1 amide bonds. The fraction of sp³-hybridized carbons (Fsp3) is 0.391. The van der Waals surface area contributed by atoms with E-state index in [4.69, 9.17) is 16.3 Å². The summed E-state index contributed by atoms with van der Waals surface area (Å²) in [6.45, 7) is 5.99. The molecule has 1 atom stereocenters. The van der Waals surface area contributed by atoms with E-state index in [1.54, 1.807) is 12.1 Å². The van der Waals surface area contributed by atoms with Gasteiger partial charge in [0, 0.05) is 55.9 Å². The number of methoxy groups -OCH3 is 1. The van der Waals surface area contributed by atoms with Crippen molar-refractivity contribution in [3.8, 4) is 0 Å². The van der Waals surface area contributed by atoms with E-state index >= 15 is 0 Å². The molecule has 0 bridgehead atoms. The van der Waals surface area contributed by atoms with E-state index in [2.05, 4.69) is 22.0 Å². The molecule has 6 nitrogen and oxygen atoms in total. The van der Waals surface area contributed by atoms with Gasteiger partial charge in [0.2, 0.25) is 5.91 Å². The van der Waals surface area contributed by atoms with Gasteiger partial charge in [-0.25, -0.2) is 4.79 Å². The topological polar surface area (TPSA) is 61.9 Å². The molecule has 0 saturated carbocycles. The summed E-state index contributed by atoms with van der Waals surface area (Å²) in [6, 6.07) is 15.4. The minimum Gasteiger partial charge on any atom is -0.465 e. The number of hydrogen-bond acceptors (Lipinski definition) is 5. The van der Waals surface area contributed by atoms with Crippen LogP contribution < -0.4 is 10.2 Å². The van der Waals surface area contributed by atoms with Crippen LogP contribution in [0.4, 0.5) is 5.69 Å². The number of piperazine rings is 1. The zero-order chi connectivity index (χ0) is 21.5. The SMILES string of the molecule is COC(=O)c1ccc(N2CCN(CCC(=O)NCc3ccccc3Cl)C(C)C2)cc1. The Balaban J connectivity index is 1.44. The van der Waals surface area contributed by atoms with Crippen molar-refractivity contribution in [2.24, 2.45) is 0 Å². The molecule has 160 valence electrons. The highest BCUT2D eigenvalue weighted by Gasteiger charge is 2.24. The monoisotopic (exact) mass is 429 g/mol. The van der Waals surface area contributed by atoms with Gasteiger partial charge in [0.15, 0.2) is 0 Å². The van der Waals surface area contributed by atoms with Crippen LogP contribution in [-0.4, -0.2) is 56.1 Å². The average Bonchev–Trinajstić information content (AvgIpc) is 2.77. The van der Waals surface area contributed by atoms with Crippen molar-refractivity contribution in [1.82, 2.24) is 10.2 Å². The largest absolute Gasteiger partial charge is 0.465 e. The molecule has 1 unspecified atom stereocenters. The van der Waals surface area contributed by atoms with Crippen molar-refractivity contribution in [3.05, 3.63) is 64.7 Å². The molecule has 1 saturated heterocycles. The van der Waals surface area contributed by atoms with Crippen LogP contribution in [0.15, 0.2) is 48.5 Å². The molecule has 7 heteroatoms. The number of ether oxygens (including phenoxy) is 1. The Labute approximate surface area is 182 Å². The number of anilines is 1. The minimum absolute atomic E-state index is 0.0305. The lowest BCUT2D eigenvalue weighted by molar-refractivity contribution is -0.121. The zero-order valence-electron chi connectivity index (χ0n) is 17.4.